The van der Waals surface area contributed by atoms with E-state index in [2.05, 4.69) is 4.74 Å². The van der Waals surface area contributed by atoms with Crippen molar-refractivity contribution in [3.8, 4) is 0 Å². The van der Waals surface area contributed by atoms with Gasteiger partial charge in [0.25, 0.3) is 0 Å². The molecule has 1 amide bonds. The summed E-state index contributed by atoms with van der Waals surface area (Å²) in [5.74, 6) is -3.22. The van der Waals surface area contributed by atoms with Crippen molar-refractivity contribution in [3.05, 3.63) is 41.3 Å². The summed E-state index contributed by atoms with van der Waals surface area (Å²) in [7, 11) is -3.31. The van der Waals surface area contributed by atoms with Crippen molar-refractivity contribution in [2.45, 2.75) is 16.0 Å². The van der Waals surface area contributed by atoms with E-state index in [9.17, 15) is 31.2 Å². The molecule has 11 heteroatoms. The summed E-state index contributed by atoms with van der Waals surface area (Å²) in [5.41, 5.74) is -0.274. The van der Waals surface area contributed by atoms with Crippen LogP contribution in [0.5, 0.6) is 0 Å². The van der Waals surface area contributed by atoms with Crippen LogP contribution in [0.2, 0.25) is 0 Å². The van der Waals surface area contributed by atoms with Gasteiger partial charge in [0.05, 0.1) is 17.6 Å². The number of sulfone groups is 1. The van der Waals surface area contributed by atoms with Crippen LogP contribution >= 0.6 is 11.3 Å². The van der Waals surface area contributed by atoms with Gasteiger partial charge in [-0.25, -0.2) is 13.2 Å². The fourth-order valence-electron chi connectivity index (χ4n) is 1.87. The Hall–Kier alpha value is -2.40. The molecule has 0 fully saturated rings. The number of hydrogen-bond acceptors (Lipinski definition) is 6. The van der Waals surface area contributed by atoms with E-state index in [1.807, 2.05) is 0 Å². The molecule has 1 heterocycles. The highest BCUT2D eigenvalue weighted by atomic mass is 32.2. The molecule has 0 radical (unpaired) electrons. The Morgan fingerprint density at radius 3 is 2.36 bits per heavy atom. The number of thiophene rings is 1. The number of esters is 1. The number of carbonyl (C=O) groups excluding carboxylic acids is 2. The van der Waals surface area contributed by atoms with Gasteiger partial charge in [-0.05, 0) is 23.6 Å². The average molecular weight is 393 g/mol. The molecule has 0 saturated heterocycles. The number of nitrogens with one attached hydrogen (secondary N) is 1. The summed E-state index contributed by atoms with van der Waals surface area (Å²) < 4.78 is 67.2. The predicted molar refractivity (Wildman–Crippen MR) is 82.2 cm³/mol. The molecule has 0 aliphatic heterocycles. The molecule has 0 atom stereocenters. The molecule has 1 aromatic carbocycles. The van der Waals surface area contributed by atoms with Crippen LogP contribution in [0.4, 0.5) is 18.2 Å². The van der Waals surface area contributed by atoms with Crippen LogP contribution < -0.4 is 5.32 Å². The quantitative estimate of drug-likeness (QED) is 0.807. The van der Waals surface area contributed by atoms with Gasteiger partial charge in [-0.3, -0.25) is 4.79 Å². The zero-order valence-corrected chi connectivity index (χ0v) is 14.1. The van der Waals surface area contributed by atoms with Gasteiger partial charge in [0.15, 0.2) is 0 Å². The molecule has 25 heavy (non-hydrogen) atoms. The second-order valence-corrected chi connectivity index (χ2v) is 7.36. The van der Waals surface area contributed by atoms with Crippen molar-refractivity contribution in [1.29, 1.82) is 0 Å². The van der Waals surface area contributed by atoms with Gasteiger partial charge in [-0.1, -0.05) is 12.1 Å². The number of methoxy groups -OCH3 is 1. The summed E-state index contributed by atoms with van der Waals surface area (Å²) in [5, 5.41) is 2.24. The topological polar surface area (TPSA) is 89.5 Å². The van der Waals surface area contributed by atoms with Crippen LogP contribution in [-0.2, 0) is 19.4 Å². The van der Waals surface area contributed by atoms with Crippen LogP contribution in [0, 0.1) is 0 Å². The molecule has 1 N–H and O–H groups in total. The second-order valence-electron chi connectivity index (χ2n) is 4.56. The zero-order chi connectivity index (χ0) is 18.8. The highest BCUT2D eigenvalue weighted by Crippen LogP contribution is 2.34. The van der Waals surface area contributed by atoms with Gasteiger partial charge >= 0.3 is 18.1 Å². The van der Waals surface area contributed by atoms with E-state index in [4.69, 9.17) is 0 Å². The molecule has 0 aliphatic rings. The number of alkyl halides is 3. The number of benzene rings is 1. The molecule has 0 unspecified atom stereocenters. The van der Waals surface area contributed by atoms with Crippen molar-refractivity contribution in [1.82, 2.24) is 0 Å². The lowest BCUT2D eigenvalue weighted by molar-refractivity contribution is -0.167. The summed E-state index contributed by atoms with van der Waals surface area (Å²) in [4.78, 5) is 21.8. The molecule has 2 rings (SSSR count). The summed E-state index contributed by atoms with van der Waals surface area (Å²) in [6, 6.07) is 6.12. The van der Waals surface area contributed by atoms with E-state index in [-0.39, 0.29) is 5.56 Å². The minimum absolute atomic E-state index is 0.274. The highest BCUT2D eigenvalue weighted by molar-refractivity contribution is 7.92. The summed E-state index contributed by atoms with van der Waals surface area (Å²) in [6.07, 6.45) is -5.17. The Kier molecular flexibility index (Phi) is 5.18. The molecule has 134 valence electrons. The monoisotopic (exact) mass is 393 g/mol. The standard InChI is InChI=1S/C14H10F3NO5S2/c1-23-12(19)8-4-2-3-5-9(8)25(21,22)10-6-7-24-11(10)18-13(20)14(15,16)17/h2-7H,1H3,(H,18,20). The smallest absolute Gasteiger partial charge is 0.465 e. The van der Waals surface area contributed by atoms with Crippen molar-refractivity contribution in [3.63, 3.8) is 0 Å². The van der Waals surface area contributed by atoms with E-state index >= 15 is 0 Å². The third-order valence-corrected chi connectivity index (χ3v) is 5.80. The fourth-order valence-corrected chi connectivity index (χ4v) is 4.59. The maximum Gasteiger partial charge on any atom is 0.471 e. The predicted octanol–water partition coefficient (Wildman–Crippen LogP) is 2.87. The average Bonchev–Trinajstić information content (AvgIpc) is 3.02. The highest BCUT2D eigenvalue weighted by Gasteiger charge is 2.40. The van der Waals surface area contributed by atoms with Gasteiger partial charge in [-0.15, -0.1) is 11.3 Å². The third-order valence-electron chi connectivity index (χ3n) is 2.99. The van der Waals surface area contributed by atoms with Crippen LogP contribution in [-0.4, -0.2) is 33.6 Å². The minimum atomic E-state index is -5.17. The van der Waals surface area contributed by atoms with Crippen LogP contribution in [0.3, 0.4) is 0 Å². The Bertz CT molecular complexity index is 919. The lowest BCUT2D eigenvalue weighted by Gasteiger charge is -2.11. The molecule has 0 spiro atoms. The van der Waals surface area contributed by atoms with E-state index in [1.165, 1.54) is 28.9 Å². The SMILES string of the molecule is COC(=O)c1ccccc1S(=O)(=O)c1ccsc1NC(=O)C(F)(F)F. The molecule has 1 aromatic heterocycles. The van der Waals surface area contributed by atoms with E-state index in [1.54, 1.807) is 0 Å². The van der Waals surface area contributed by atoms with Gasteiger partial charge in [-0.2, -0.15) is 13.2 Å². The van der Waals surface area contributed by atoms with Gasteiger partial charge in [0, 0.05) is 0 Å². The van der Waals surface area contributed by atoms with Gasteiger partial charge in [0.1, 0.15) is 9.90 Å². The van der Waals surface area contributed by atoms with Crippen molar-refractivity contribution >= 4 is 38.1 Å². The maximum atomic E-state index is 12.8. The van der Waals surface area contributed by atoms with E-state index in [0.29, 0.717) is 11.3 Å². The number of rotatable bonds is 4. The first-order valence-electron chi connectivity index (χ1n) is 6.47. The number of anilines is 1. The molecule has 0 saturated carbocycles. The Morgan fingerprint density at radius 1 is 1.12 bits per heavy atom. The third kappa shape index (κ3) is 3.82. The fraction of sp³-hybridized carbons (Fsp3) is 0.143. The first-order valence-corrected chi connectivity index (χ1v) is 8.83. The Labute approximate surface area is 144 Å². The molecule has 2 aromatic rings. The lowest BCUT2D eigenvalue weighted by atomic mass is 10.2. The van der Waals surface area contributed by atoms with Gasteiger partial charge in [0.2, 0.25) is 9.84 Å². The van der Waals surface area contributed by atoms with Crippen molar-refractivity contribution in [2.24, 2.45) is 0 Å². The number of halogens is 3. The van der Waals surface area contributed by atoms with Crippen LogP contribution in [0.25, 0.3) is 0 Å². The van der Waals surface area contributed by atoms with Crippen LogP contribution in [0.1, 0.15) is 10.4 Å². The van der Waals surface area contributed by atoms with Crippen molar-refractivity contribution < 1.29 is 35.9 Å². The number of amides is 1. The normalized spacial score (nSPS) is 11.8. The Balaban J connectivity index is 2.52. The molecule has 0 aliphatic carbocycles. The lowest BCUT2D eigenvalue weighted by Crippen LogP contribution is -2.30. The molecule has 0 bridgehead atoms. The van der Waals surface area contributed by atoms with E-state index < -0.39 is 42.7 Å². The number of carbonyl (C=O) groups is 2. The molecular weight excluding hydrogens is 383 g/mol. The van der Waals surface area contributed by atoms with E-state index in [0.717, 1.165) is 19.2 Å². The second kappa shape index (κ2) is 6.84. The maximum absolute atomic E-state index is 12.8. The van der Waals surface area contributed by atoms with Crippen LogP contribution in [0.15, 0.2) is 45.5 Å². The minimum Gasteiger partial charge on any atom is -0.465 e. The first kappa shape index (κ1) is 18.9. The zero-order valence-electron chi connectivity index (χ0n) is 12.5. The number of ether oxygens (including phenoxy) is 1. The molecular formula is C14H10F3NO5S2. The first-order chi connectivity index (χ1) is 11.6. The van der Waals surface area contributed by atoms with Crippen molar-refractivity contribution in [2.75, 3.05) is 12.4 Å². The largest absolute Gasteiger partial charge is 0.471 e. The van der Waals surface area contributed by atoms with Gasteiger partial charge < -0.3 is 10.1 Å². The summed E-state index contributed by atoms with van der Waals surface area (Å²) in [6.45, 7) is 0. The Morgan fingerprint density at radius 2 is 1.76 bits per heavy atom. The molecule has 6 nitrogen and oxygen atoms in total. The summed E-state index contributed by atoms with van der Waals surface area (Å²) >= 11 is 0.608. The number of hydrogen-bond donors (Lipinski definition) is 1.